The van der Waals surface area contributed by atoms with Crippen LogP contribution in [0.5, 0.6) is 0 Å². The molecule has 0 aliphatic carbocycles. The van der Waals surface area contributed by atoms with E-state index in [2.05, 4.69) is 16.0 Å². The third-order valence-electron chi connectivity index (χ3n) is 4.73. The van der Waals surface area contributed by atoms with E-state index in [-0.39, 0.29) is 12.8 Å². The fraction of sp³-hybridized carbons (Fsp3) is 0.737. The number of aliphatic hydroxyl groups excluding tert-OH is 2. The zero-order chi connectivity index (χ0) is 25.7. The molecule has 0 aromatic rings. The lowest BCUT2D eigenvalue weighted by molar-refractivity contribution is -0.143. The summed E-state index contributed by atoms with van der Waals surface area (Å²) in [4.78, 5) is 59.8. The molecule has 0 radical (unpaired) electrons. The molecular weight excluding hydrogens is 442 g/mol. The minimum absolute atomic E-state index is 0.0709. The Balaban J connectivity index is 5.46. The number of aliphatic hydroxyl groups is 2. The van der Waals surface area contributed by atoms with Gasteiger partial charge in [0.15, 0.2) is 0 Å². The maximum absolute atomic E-state index is 12.7. The van der Waals surface area contributed by atoms with Crippen LogP contribution in [0.15, 0.2) is 0 Å². The first-order chi connectivity index (χ1) is 15.3. The SMILES string of the molecule is CC(O)C(N)C(=O)NC(C(=O)NC(CCC(=O)O)C(=O)NC(CCCCN)C(=O)O)C(C)O. The summed E-state index contributed by atoms with van der Waals surface area (Å²) >= 11 is 0. The van der Waals surface area contributed by atoms with Crippen LogP contribution < -0.4 is 27.4 Å². The molecule has 0 saturated heterocycles. The van der Waals surface area contributed by atoms with E-state index in [1.54, 1.807) is 0 Å². The summed E-state index contributed by atoms with van der Waals surface area (Å²) in [5.41, 5.74) is 10.9. The van der Waals surface area contributed by atoms with Crippen molar-refractivity contribution in [1.82, 2.24) is 16.0 Å². The molecular formula is C19H35N5O9. The van der Waals surface area contributed by atoms with Crippen molar-refractivity contribution in [2.75, 3.05) is 6.54 Å². The largest absolute Gasteiger partial charge is 0.481 e. The van der Waals surface area contributed by atoms with Crippen LogP contribution in [0.1, 0.15) is 46.0 Å². The van der Waals surface area contributed by atoms with Crippen molar-refractivity contribution in [3.63, 3.8) is 0 Å². The molecule has 190 valence electrons. The number of amides is 3. The fourth-order valence-corrected chi connectivity index (χ4v) is 2.69. The van der Waals surface area contributed by atoms with Gasteiger partial charge >= 0.3 is 11.9 Å². The quantitative estimate of drug-likeness (QED) is 0.0990. The molecule has 14 heteroatoms. The summed E-state index contributed by atoms with van der Waals surface area (Å²) in [5.74, 6) is -5.49. The van der Waals surface area contributed by atoms with Crippen LogP contribution in [0.3, 0.4) is 0 Å². The number of carbonyl (C=O) groups is 5. The van der Waals surface area contributed by atoms with Crippen molar-refractivity contribution in [1.29, 1.82) is 0 Å². The van der Waals surface area contributed by atoms with Crippen molar-refractivity contribution in [3.05, 3.63) is 0 Å². The minimum atomic E-state index is -1.58. The van der Waals surface area contributed by atoms with Gasteiger partial charge in [-0.3, -0.25) is 19.2 Å². The lowest BCUT2D eigenvalue weighted by atomic mass is 10.1. The van der Waals surface area contributed by atoms with Gasteiger partial charge in [0.05, 0.1) is 12.2 Å². The maximum atomic E-state index is 12.7. The summed E-state index contributed by atoms with van der Waals surface area (Å²) in [7, 11) is 0. The Morgan fingerprint density at radius 3 is 1.82 bits per heavy atom. The van der Waals surface area contributed by atoms with Gasteiger partial charge in [-0.15, -0.1) is 0 Å². The van der Waals surface area contributed by atoms with Crippen LogP contribution in [0.4, 0.5) is 0 Å². The lowest BCUT2D eigenvalue weighted by Gasteiger charge is -2.26. The average molecular weight is 478 g/mol. The van der Waals surface area contributed by atoms with Crippen LogP contribution in [-0.2, 0) is 24.0 Å². The molecule has 0 saturated carbocycles. The molecule has 0 rings (SSSR count). The Kier molecular flexibility index (Phi) is 13.8. The van der Waals surface area contributed by atoms with Gasteiger partial charge in [0, 0.05) is 6.42 Å². The summed E-state index contributed by atoms with van der Waals surface area (Å²) in [5, 5.41) is 44.2. The van der Waals surface area contributed by atoms with Gasteiger partial charge in [-0.1, -0.05) is 0 Å². The molecule has 0 fully saturated rings. The normalized spacial score (nSPS) is 16.4. The molecule has 3 amide bonds. The van der Waals surface area contributed by atoms with Crippen molar-refractivity contribution in [2.45, 2.75) is 82.3 Å². The Morgan fingerprint density at radius 2 is 1.36 bits per heavy atom. The predicted molar refractivity (Wildman–Crippen MR) is 115 cm³/mol. The summed E-state index contributed by atoms with van der Waals surface area (Å²) in [6, 6.07) is -5.73. The number of rotatable bonds is 16. The average Bonchev–Trinajstić information content (AvgIpc) is 2.72. The highest BCUT2D eigenvalue weighted by Gasteiger charge is 2.33. The van der Waals surface area contributed by atoms with Gasteiger partial charge in [0.1, 0.15) is 24.2 Å². The van der Waals surface area contributed by atoms with Gasteiger partial charge in [-0.05, 0) is 46.1 Å². The van der Waals surface area contributed by atoms with E-state index in [9.17, 15) is 39.3 Å². The molecule has 11 N–H and O–H groups in total. The van der Waals surface area contributed by atoms with Crippen LogP contribution in [-0.4, -0.2) is 93.0 Å². The van der Waals surface area contributed by atoms with E-state index in [0.29, 0.717) is 19.4 Å². The molecule has 6 atom stereocenters. The van der Waals surface area contributed by atoms with E-state index in [4.69, 9.17) is 16.6 Å². The molecule has 6 unspecified atom stereocenters. The Hall–Kier alpha value is -2.81. The van der Waals surface area contributed by atoms with E-state index >= 15 is 0 Å². The Bertz CT molecular complexity index is 687. The highest BCUT2D eigenvalue weighted by molar-refractivity contribution is 5.94. The van der Waals surface area contributed by atoms with E-state index in [1.165, 1.54) is 13.8 Å². The predicted octanol–water partition coefficient (Wildman–Crippen LogP) is -3.39. The number of carboxylic acid groups (broad SMARTS) is 2. The second kappa shape index (κ2) is 15.1. The fourth-order valence-electron chi connectivity index (χ4n) is 2.69. The van der Waals surface area contributed by atoms with Gasteiger partial charge in [0.25, 0.3) is 0 Å². The number of hydrogen-bond acceptors (Lipinski definition) is 9. The lowest BCUT2D eigenvalue weighted by Crippen LogP contribution is -2.60. The first-order valence-corrected chi connectivity index (χ1v) is 10.5. The van der Waals surface area contributed by atoms with Crippen molar-refractivity contribution in [3.8, 4) is 0 Å². The first-order valence-electron chi connectivity index (χ1n) is 10.5. The molecule has 0 spiro atoms. The third kappa shape index (κ3) is 11.6. The van der Waals surface area contributed by atoms with Gasteiger partial charge in [-0.25, -0.2) is 4.79 Å². The van der Waals surface area contributed by atoms with E-state index in [1.807, 2.05) is 0 Å². The zero-order valence-electron chi connectivity index (χ0n) is 18.7. The van der Waals surface area contributed by atoms with Crippen molar-refractivity contribution in [2.24, 2.45) is 11.5 Å². The smallest absolute Gasteiger partial charge is 0.326 e. The topological polar surface area (TPSA) is 254 Å². The van der Waals surface area contributed by atoms with Gasteiger partial charge in [0.2, 0.25) is 17.7 Å². The van der Waals surface area contributed by atoms with Crippen LogP contribution >= 0.6 is 0 Å². The van der Waals surface area contributed by atoms with E-state index in [0.717, 1.165) is 0 Å². The number of carbonyl (C=O) groups excluding carboxylic acids is 3. The molecule has 0 bridgehead atoms. The monoisotopic (exact) mass is 477 g/mol. The van der Waals surface area contributed by atoms with Gasteiger partial charge in [-0.2, -0.15) is 0 Å². The highest BCUT2D eigenvalue weighted by Crippen LogP contribution is 2.06. The number of aliphatic carboxylic acids is 2. The Morgan fingerprint density at radius 1 is 0.788 bits per heavy atom. The number of carboxylic acids is 2. The molecule has 14 nitrogen and oxygen atoms in total. The van der Waals surface area contributed by atoms with Crippen molar-refractivity contribution >= 4 is 29.7 Å². The van der Waals surface area contributed by atoms with E-state index < -0.39 is 72.5 Å². The number of nitrogens with one attached hydrogen (secondary N) is 3. The first kappa shape index (κ1) is 30.2. The standard InChI is InChI=1S/C19H35N5O9/c1-9(25)14(21)17(30)24-15(10(2)26)18(31)22-11(6-7-13(27)28)16(29)23-12(19(32)33)5-3-4-8-20/h9-12,14-15,25-26H,3-8,20-21H2,1-2H3,(H,22,31)(H,23,29)(H,24,30)(H,27,28)(H,32,33). The van der Waals surface area contributed by atoms with Gasteiger partial charge < -0.3 is 47.8 Å². The second-order valence-corrected chi connectivity index (χ2v) is 7.67. The second-order valence-electron chi connectivity index (χ2n) is 7.67. The zero-order valence-corrected chi connectivity index (χ0v) is 18.7. The van der Waals surface area contributed by atoms with Crippen LogP contribution in [0, 0.1) is 0 Å². The number of hydrogen-bond donors (Lipinski definition) is 9. The molecule has 33 heavy (non-hydrogen) atoms. The Labute approximate surface area is 191 Å². The minimum Gasteiger partial charge on any atom is -0.481 e. The molecule has 0 aliphatic heterocycles. The van der Waals surface area contributed by atoms with Crippen LogP contribution in [0.25, 0.3) is 0 Å². The van der Waals surface area contributed by atoms with Crippen LogP contribution in [0.2, 0.25) is 0 Å². The van der Waals surface area contributed by atoms with Crippen molar-refractivity contribution < 1.29 is 44.4 Å². The maximum Gasteiger partial charge on any atom is 0.326 e. The highest BCUT2D eigenvalue weighted by atomic mass is 16.4. The number of unbranched alkanes of at least 4 members (excludes halogenated alkanes) is 1. The summed E-state index contributed by atoms with van der Waals surface area (Å²) in [6.45, 7) is 2.77. The molecule has 0 aliphatic rings. The molecule has 0 heterocycles. The summed E-state index contributed by atoms with van der Waals surface area (Å²) in [6.07, 6.45) is -2.58. The summed E-state index contributed by atoms with van der Waals surface area (Å²) < 4.78 is 0. The molecule has 0 aromatic heterocycles. The number of nitrogens with two attached hydrogens (primary N) is 2. The molecule has 0 aromatic carbocycles. The third-order valence-corrected chi connectivity index (χ3v) is 4.73.